The fraction of sp³-hybridized carbons (Fsp3) is 0.667. The summed E-state index contributed by atoms with van der Waals surface area (Å²) in [7, 11) is 3.39. The molecule has 0 saturated carbocycles. The predicted octanol–water partition coefficient (Wildman–Crippen LogP) is 1.11. The molecule has 2 N–H and O–H groups in total. The molecule has 1 fully saturated rings. The Bertz CT molecular complexity index is 550. The summed E-state index contributed by atoms with van der Waals surface area (Å²) in [4.78, 5) is 10.9. The summed E-state index contributed by atoms with van der Waals surface area (Å²) in [6, 6.07) is 3.87. The highest BCUT2D eigenvalue weighted by Gasteiger charge is 2.21. The summed E-state index contributed by atoms with van der Waals surface area (Å²) in [6.07, 6.45) is 1.93. The van der Waals surface area contributed by atoms with Crippen LogP contribution in [0.1, 0.15) is 19.4 Å². The van der Waals surface area contributed by atoms with E-state index in [1.165, 1.54) is 0 Å². The van der Waals surface area contributed by atoms with E-state index < -0.39 is 0 Å². The Labute approximate surface area is 150 Å². The van der Waals surface area contributed by atoms with Gasteiger partial charge in [-0.05, 0) is 17.5 Å². The fourth-order valence-corrected chi connectivity index (χ4v) is 2.88. The van der Waals surface area contributed by atoms with Crippen molar-refractivity contribution in [2.75, 3.05) is 46.9 Å². The Kier molecular flexibility index (Phi) is 7.94. The minimum atomic E-state index is 0.187. The highest BCUT2D eigenvalue weighted by Crippen LogP contribution is 2.09. The number of aromatic nitrogens is 1. The van der Waals surface area contributed by atoms with E-state index in [0.29, 0.717) is 18.3 Å². The van der Waals surface area contributed by atoms with Crippen LogP contribution in [0.2, 0.25) is 0 Å². The average Bonchev–Trinajstić information content (AvgIpc) is 2.62. The third kappa shape index (κ3) is 6.88. The summed E-state index contributed by atoms with van der Waals surface area (Å²) in [5.41, 5.74) is 1.09. The molecular formula is C18H31N5O2. The number of aliphatic imine (C=N–C) groups is 1. The number of guanidine groups is 1. The molecule has 1 unspecified atom stereocenters. The van der Waals surface area contributed by atoms with Crippen LogP contribution in [0.15, 0.2) is 23.3 Å². The van der Waals surface area contributed by atoms with Gasteiger partial charge in [0.15, 0.2) is 5.96 Å². The standard InChI is InChI=1S/C18H31N5O2/c1-14(2)12-23-7-8-25-16(13-23)11-22-18(19-3)21-10-15-5-6-20-17(9-15)24-4/h5-6,9,14,16H,7-8,10-13H2,1-4H3,(H2,19,21,22). The molecular weight excluding hydrogens is 318 g/mol. The van der Waals surface area contributed by atoms with Gasteiger partial charge in [0.1, 0.15) is 0 Å². The molecule has 1 aromatic heterocycles. The van der Waals surface area contributed by atoms with Crippen LogP contribution in [0.5, 0.6) is 5.88 Å². The molecule has 2 heterocycles. The maximum atomic E-state index is 5.87. The minimum Gasteiger partial charge on any atom is -0.481 e. The zero-order chi connectivity index (χ0) is 18.1. The number of methoxy groups -OCH3 is 1. The maximum Gasteiger partial charge on any atom is 0.213 e. The van der Waals surface area contributed by atoms with E-state index in [4.69, 9.17) is 9.47 Å². The summed E-state index contributed by atoms with van der Waals surface area (Å²) in [5, 5.41) is 6.66. The zero-order valence-corrected chi connectivity index (χ0v) is 15.8. The summed E-state index contributed by atoms with van der Waals surface area (Å²) >= 11 is 0. The predicted molar refractivity (Wildman–Crippen MR) is 100 cm³/mol. The third-order valence-corrected chi connectivity index (χ3v) is 4.04. The number of nitrogens with one attached hydrogen (secondary N) is 2. The largest absolute Gasteiger partial charge is 0.481 e. The molecule has 7 nitrogen and oxygen atoms in total. The first kappa shape index (κ1) is 19.5. The number of rotatable bonds is 7. The van der Waals surface area contributed by atoms with E-state index in [-0.39, 0.29) is 6.10 Å². The van der Waals surface area contributed by atoms with Crippen molar-refractivity contribution < 1.29 is 9.47 Å². The third-order valence-electron chi connectivity index (χ3n) is 4.04. The molecule has 0 aromatic carbocycles. The number of hydrogen-bond donors (Lipinski definition) is 2. The van der Waals surface area contributed by atoms with Gasteiger partial charge in [0, 0.05) is 52.0 Å². The Morgan fingerprint density at radius 2 is 2.32 bits per heavy atom. The first-order valence-corrected chi connectivity index (χ1v) is 8.88. The van der Waals surface area contributed by atoms with Crippen LogP contribution < -0.4 is 15.4 Å². The van der Waals surface area contributed by atoms with E-state index in [9.17, 15) is 0 Å². The molecule has 0 spiro atoms. The van der Waals surface area contributed by atoms with E-state index in [1.807, 2.05) is 12.1 Å². The van der Waals surface area contributed by atoms with Crippen LogP contribution in [0, 0.1) is 5.92 Å². The van der Waals surface area contributed by atoms with Gasteiger partial charge in [0.25, 0.3) is 0 Å². The van der Waals surface area contributed by atoms with Crippen molar-refractivity contribution in [3.8, 4) is 5.88 Å². The SMILES string of the molecule is CN=C(NCc1ccnc(OC)c1)NCC1CN(CC(C)C)CCO1. The van der Waals surface area contributed by atoms with Gasteiger partial charge in [0.05, 0.1) is 19.8 Å². The molecule has 1 aliphatic rings. The van der Waals surface area contributed by atoms with Crippen molar-refractivity contribution in [1.29, 1.82) is 0 Å². The number of pyridine rings is 1. The van der Waals surface area contributed by atoms with Gasteiger partial charge in [-0.3, -0.25) is 9.89 Å². The zero-order valence-electron chi connectivity index (χ0n) is 15.8. The van der Waals surface area contributed by atoms with Crippen LogP contribution in [0.3, 0.4) is 0 Å². The molecule has 0 bridgehead atoms. The number of nitrogens with zero attached hydrogens (tertiary/aromatic N) is 3. The molecule has 25 heavy (non-hydrogen) atoms. The lowest BCUT2D eigenvalue weighted by atomic mass is 10.2. The smallest absolute Gasteiger partial charge is 0.213 e. The van der Waals surface area contributed by atoms with Crippen LogP contribution in [0.4, 0.5) is 0 Å². The van der Waals surface area contributed by atoms with Crippen molar-refractivity contribution in [3.63, 3.8) is 0 Å². The van der Waals surface area contributed by atoms with Gasteiger partial charge in [-0.15, -0.1) is 0 Å². The van der Waals surface area contributed by atoms with Crippen molar-refractivity contribution in [3.05, 3.63) is 23.9 Å². The lowest BCUT2D eigenvalue weighted by Crippen LogP contribution is -2.50. The quantitative estimate of drug-likeness (QED) is 0.568. The molecule has 2 rings (SSSR count). The molecule has 1 saturated heterocycles. The van der Waals surface area contributed by atoms with Gasteiger partial charge < -0.3 is 20.1 Å². The van der Waals surface area contributed by atoms with E-state index in [2.05, 4.69) is 39.4 Å². The highest BCUT2D eigenvalue weighted by atomic mass is 16.5. The van der Waals surface area contributed by atoms with E-state index in [0.717, 1.165) is 44.3 Å². The summed E-state index contributed by atoms with van der Waals surface area (Å²) in [5.74, 6) is 2.06. The van der Waals surface area contributed by atoms with Crippen molar-refractivity contribution in [2.24, 2.45) is 10.9 Å². The topological polar surface area (TPSA) is 71.0 Å². The maximum absolute atomic E-state index is 5.87. The molecule has 140 valence electrons. The van der Waals surface area contributed by atoms with E-state index >= 15 is 0 Å². The van der Waals surface area contributed by atoms with Crippen molar-refractivity contribution >= 4 is 5.96 Å². The van der Waals surface area contributed by atoms with Gasteiger partial charge in [-0.2, -0.15) is 0 Å². The molecule has 1 atom stereocenters. The molecule has 1 aromatic rings. The van der Waals surface area contributed by atoms with Gasteiger partial charge in [-0.25, -0.2) is 4.98 Å². The lowest BCUT2D eigenvalue weighted by Gasteiger charge is -2.34. The first-order chi connectivity index (χ1) is 12.1. The second kappa shape index (κ2) is 10.2. The Hall–Kier alpha value is -1.86. The van der Waals surface area contributed by atoms with Gasteiger partial charge in [-0.1, -0.05) is 13.8 Å². The second-order valence-corrected chi connectivity index (χ2v) is 6.66. The molecule has 1 aliphatic heterocycles. The number of morpholine rings is 1. The van der Waals surface area contributed by atoms with Gasteiger partial charge >= 0.3 is 0 Å². The number of ether oxygens (including phenoxy) is 2. The molecule has 0 aliphatic carbocycles. The van der Waals surface area contributed by atoms with Crippen LogP contribution in [0.25, 0.3) is 0 Å². The average molecular weight is 349 g/mol. The Balaban J connectivity index is 1.76. The summed E-state index contributed by atoms with van der Waals surface area (Å²) < 4.78 is 11.0. The normalized spacial score (nSPS) is 19.1. The first-order valence-electron chi connectivity index (χ1n) is 8.88. The van der Waals surface area contributed by atoms with Crippen LogP contribution in [-0.4, -0.2) is 68.9 Å². The van der Waals surface area contributed by atoms with Crippen molar-refractivity contribution in [2.45, 2.75) is 26.5 Å². The Morgan fingerprint density at radius 3 is 3.04 bits per heavy atom. The molecule has 7 heteroatoms. The van der Waals surface area contributed by atoms with E-state index in [1.54, 1.807) is 20.4 Å². The highest BCUT2D eigenvalue weighted by molar-refractivity contribution is 5.79. The van der Waals surface area contributed by atoms with Crippen LogP contribution in [-0.2, 0) is 11.3 Å². The Morgan fingerprint density at radius 1 is 1.48 bits per heavy atom. The fourth-order valence-electron chi connectivity index (χ4n) is 2.88. The molecule has 0 amide bonds. The van der Waals surface area contributed by atoms with Gasteiger partial charge in [0.2, 0.25) is 5.88 Å². The lowest BCUT2D eigenvalue weighted by molar-refractivity contribution is -0.0284. The summed E-state index contributed by atoms with van der Waals surface area (Å²) in [6.45, 7) is 9.80. The second-order valence-electron chi connectivity index (χ2n) is 6.66. The minimum absolute atomic E-state index is 0.187. The van der Waals surface area contributed by atoms with Crippen molar-refractivity contribution in [1.82, 2.24) is 20.5 Å². The molecule has 0 radical (unpaired) electrons. The number of hydrogen-bond acceptors (Lipinski definition) is 5. The monoisotopic (exact) mass is 349 g/mol. The van der Waals surface area contributed by atoms with Crippen LogP contribution >= 0.6 is 0 Å².